The zero-order chi connectivity index (χ0) is 10.1. The Bertz CT molecular complexity index is 122. The first kappa shape index (κ1) is 12.3. The third-order valence-corrected chi connectivity index (χ3v) is 3.47. The van der Waals surface area contributed by atoms with Gasteiger partial charge >= 0.3 is 0 Å². The van der Waals surface area contributed by atoms with Crippen LogP contribution in [-0.4, -0.2) is 37.7 Å². The summed E-state index contributed by atoms with van der Waals surface area (Å²) in [4.78, 5) is 0. The third kappa shape index (κ3) is 5.89. The second-order valence-corrected chi connectivity index (χ2v) is 5.02. The van der Waals surface area contributed by atoms with Crippen molar-refractivity contribution in [3.05, 3.63) is 0 Å². The van der Waals surface area contributed by atoms with Gasteiger partial charge < -0.3 is 10.6 Å². The predicted octanol–water partition coefficient (Wildman–Crippen LogP) is 1.86. The summed E-state index contributed by atoms with van der Waals surface area (Å²) in [6.07, 6.45) is 8.87. The molecule has 0 spiro atoms. The number of nitrogens with one attached hydrogen (secondary N) is 2. The molecule has 84 valence electrons. The predicted molar refractivity (Wildman–Crippen MR) is 66.1 cm³/mol. The van der Waals surface area contributed by atoms with Gasteiger partial charge in [0.1, 0.15) is 0 Å². The van der Waals surface area contributed by atoms with E-state index in [4.69, 9.17) is 0 Å². The molecule has 14 heavy (non-hydrogen) atoms. The molecule has 1 aliphatic rings. The molecule has 0 bridgehead atoms. The highest BCUT2D eigenvalue weighted by molar-refractivity contribution is 7.98. The maximum absolute atomic E-state index is 3.68. The molecule has 1 fully saturated rings. The monoisotopic (exact) mass is 216 g/mol. The minimum absolute atomic E-state index is 0.791. The molecule has 0 unspecified atom stereocenters. The van der Waals surface area contributed by atoms with E-state index in [1.165, 1.54) is 57.5 Å². The molecule has 0 aromatic rings. The summed E-state index contributed by atoms with van der Waals surface area (Å²) < 4.78 is 0. The largest absolute Gasteiger partial charge is 0.317 e. The third-order valence-electron chi connectivity index (χ3n) is 2.77. The first-order valence-electron chi connectivity index (χ1n) is 5.86. The lowest BCUT2D eigenvalue weighted by atomic mass is 10.0. The van der Waals surface area contributed by atoms with Crippen LogP contribution in [0, 0.1) is 0 Å². The Labute approximate surface area is 92.6 Å². The second kappa shape index (κ2) is 8.57. The minimum Gasteiger partial charge on any atom is -0.317 e. The van der Waals surface area contributed by atoms with Crippen molar-refractivity contribution >= 4 is 11.8 Å². The molecule has 0 radical (unpaired) electrons. The molecule has 0 amide bonds. The van der Waals surface area contributed by atoms with E-state index in [0.29, 0.717) is 0 Å². The molecule has 0 atom stereocenters. The lowest BCUT2D eigenvalue weighted by molar-refractivity contribution is 0.399. The summed E-state index contributed by atoms with van der Waals surface area (Å²) in [5.41, 5.74) is 0. The van der Waals surface area contributed by atoms with Crippen LogP contribution < -0.4 is 10.6 Å². The van der Waals surface area contributed by atoms with Crippen LogP contribution in [-0.2, 0) is 0 Å². The van der Waals surface area contributed by atoms with Gasteiger partial charge in [0, 0.05) is 6.04 Å². The van der Waals surface area contributed by atoms with E-state index in [0.717, 1.165) is 6.04 Å². The Morgan fingerprint density at radius 1 is 1.29 bits per heavy atom. The second-order valence-electron chi connectivity index (χ2n) is 4.03. The van der Waals surface area contributed by atoms with E-state index >= 15 is 0 Å². The highest BCUT2D eigenvalue weighted by Gasteiger charge is 2.09. The maximum atomic E-state index is 3.68. The summed E-state index contributed by atoms with van der Waals surface area (Å²) >= 11 is 1.95. The van der Waals surface area contributed by atoms with E-state index in [-0.39, 0.29) is 0 Å². The Balaban J connectivity index is 2.02. The molecule has 1 saturated heterocycles. The Kier molecular flexibility index (Phi) is 7.55. The molecule has 3 heteroatoms. The van der Waals surface area contributed by atoms with E-state index in [1.807, 2.05) is 11.8 Å². The van der Waals surface area contributed by atoms with Crippen molar-refractivity contribution in [1.29, 1.82) is 0 Å². The number of thioether (sulfide) groups is 1. The highest BCUT2D eigenvalue weighted by atomic mass is 32.2. The van der Waals surface area contributed by atoms with Crippen molar-refractivity contribution < 1.29 is 0 Å². The van der Waals surface area contributed by atoms with Crippen LogP contribution >= 0.6 is 11.8 Å². The first-order chi connectivity index (χ1) is 6.93. The highest BCUT2D eigenvalue weighted by Crippen LogP contribution is 2.07. The number of hydrogen-bond donors (Lipinski definition) is 2. The van der Waals surface area contributed by atoms with Crippen LogP contribution in [0.2, 0.25) is 0 Å². The Morgan fingerprint density at radius 2 is 2.00 bits per heavy atom. The summed E-state index contributed by atoms with van der Waals surface area (Å²) in [6.45, 7) is 3.63. The molecule has 1 rings (SSSR count). The molecule has 0 aromatic carbocycles. The quantitative estimate of drug-likeness (QED) is 0.686. The minimum atomic E-state index is 0.791. The summed E-state index contributed by atoms with van der Waals surface area (Å²) in [6, 6.07) is 0.791. The summed E-state index contributed by atoms with van der Waals surface area (Å²) in [5.74, 6) is 1.29. The van der Waals surface area contributed by atoms with Crippen LogP contribution in [0.1, 0.15) is 32.1 Å². The van der Waals surface area contributed by atoms with E-state index in [2.05, 4.69) is 16.9 Å². The Hall–Kier alpha value is 0.270. The molecular weight excluding hydrogens is 192 g/mol. The van der Waals surface area contributed by atoms with Crippen molar-refractivity contribution in [3.8, 4) is 0 Å². The van der Waals surface area contributed by atoms with Crippen molar-refractivity contribution in [2.24, 2.45) is 0 Å². The Morgan fingerprint density at radius 3 is 2.64 bits per heavy atom. The zero-order valence-electron chi connectivity index (χ0n) is 9.35. The smallest absolute Gasteiger partial charge is 0.00680 e. The van der Waals surface area contributed by atoms with Gasteiger partial charge in [0.15, 0.2) is 0 Å². The van der Waals surface area contributed by atoms with Gasteiger partial charge in [0.2, 0.25) is 0 Å². The van der Waals surface area contributed by atoms with Gasteiger partial charge in [-0.15, -0.1) is 0 Å². The average Bonchev–Trinajstić information content (AvgIpc) is 2.15. The molecule has 2 N–H and O–H groups in total. The standard InChI is InChI=1S/C11H24N2S/c1-14-10-4-9-13-11-5-2-7-12-8-3-6-11/h11-13H,2-10H2,1H3. The summed E-state index contributed by atoms with van der Waals surface area (Å²) in [7, 11) is 0. The van der Waals surface area contributed by atoms with Crippen molar-refractivity contribution in [3.63, 3.8) is 0 Å². The van der Waals surface area contributed by atoms with Crippen LogP contribution in [0.4, 0.5) is 0 Å². The molecule has 0 aromatic heterocycles. The lowest BCUT2D eigenvalue weighted by Crippen LogP contribution is -2.34. The van der Waals surface area contributed by atoms with E-state index < -0.39 is 0 Å². The average molecular weight is 216 g/mol. The molecule has 1 heterocycles. The zero-order valence-corrected chi connectivity index (χ0v) is 10.2. The van der Waals surface area contributed by atoms with Gasteiger partial charge in [-0.2, -0.15) is 11.8 Å². The van der Waals surface area contributed by atoms with Crippen LogP contribution in [0.25, 0.3) is 0 Å². The van der Waals surface area contributed by atoms with Gasteiger partial charge in [-0.1, -0.05) is 0 Å². The van der Waals surface area contributed by atoms with Gasteiger partial charge in [-0.25, -0.2) is 0 Å². The van der Waals surface area contributed by atoms with Gasteiger partial charge in [0.05, 0.1) is 0 Å². The summed E-state index contributed by atoms with van der Waals surface area (Å²) in [5, 5.41) is 7.14. The fourth-order valence-corrected chi connectivity index (χ4v) is 2.38. The molecule has 0 saturated carbocycles. The van der Waals surface area contributed by atoms with Crippen LogP contribution in [0.15, 0.2) is 0 Å². The molecule has 0 aliphatic carbocycles. The van der Waals surface area contributed by atoms with Crippen molar-refractivity contribution in [2.75, 3.05) is 31.6 Å². The van der Waals surface area contributed by atoms with Crippen LogP contribution in [0.5, 0.6) is 0 Å². The lowest BCUT2D eigenvalue weighted by Gasteiger charge is -2.21. The first-order valence-corrected chi connectivity index (χ1v) is 7.26. The molecule has 2 nitrogen and oxygen atoms in total. The van der Waals surface area contributed by atoms with Crippen molar-refractivity contribution in [2.45, 2.75) is 38.1 Å². The van der Waals surface area contributed by atoms with Gasteiger partial charge in [-0.05, 0) is 63.7 Å². The molecule has 1 aliphatic heterocycles. The van der Waals surface area contributed by atoms with Crippen LogP contribution in [0.3, 0.4) is 0 Å². The molecular formula is C11H24N2S. The fraction of sp³-hybridized carbons (Fsp3) is 1.00. The van der Waals surface area contributed by atoms with Gasteiger partial charge in [0.25, 0.3) is 0 Å². The van der Waals surface area contributed by atoms with Gasteiger partial charge in [-0.3, -0.25) is 0 Å². The number of hydrogen-bond acceptors (Lipinski definition) is 3. The fourth-order valence-electron chi connectivity index (χ4n) is 1.94. The topological polar surface area (TPSA) is 24.1 Å². The van der Waals surface area contributed by atoms with Crippen molar-refractivity contribution in [1.82, 2.24) is 10.6 Å². The van der Waals surface area contributed by atoms with E-state index in [1.54, 1.807) is 0 Å². The number of rotatable bonds is 5. The maximum Gasteiger partial charge on any atom is 0.00680 e. The SMILES string of the molecule is CSCCCNC1CCCNCCC1. The van der Waals surface area contributed by atoms with E-state index in [9.17, 15) is 0 Å². The normalized spacial score (nSPS) is 20.4.